The van der Waals surface area contributed by atoms with Crippen molar-refractivity contribution in [2.45, 2.75) is 20.0 Å². The van der Waals surface area contributed by atoms with Gasteiger partial charge in [-0.1, -0.05) is 6.07 Å². The molecule has 0 amide bonds. The van der Waals surface area contributed by atoms with Crippen LogP contribution in [0.3, 0.4) is 0 Å². The minimum Gasteiger partial charge on any atom is -0.508 e. The number of hydrogen-bond donors (Lipinski definition) is 2. The van der Waals surface area contributed by atoms with E-state index >= 15 is 0 Å². The second-order valence-electron chi connectivity index (χ2n) is 4.57. The molecule has 1 aliphatic heterocycles. The molecule has 2 N–H and O–H groups in total. The van der Waals surface area contributed by atoms with Crippen molar-refractivity contribution in [1.82, 2.24) is 4.98 Å². The Labute approximate surface area is 105 Å². The Hall–Kier alpha value is -2.23. The second kappa shape index (κ2) is 3.91. The Morgan fingerprint density at radius 2 is 2.06 bits per heavy atom. The zero-order valence-electron chi connectivity index (χ0n) is 10.1. The van der Waals surface area contributed by atoms with Crippen molar-refractivity contribution in [3.63, 3.8) is 0 Å². The number of fused-ring (bicyclic) bond motifs is 1. The van der Waals surface area contributed by atoms with Crippen LogP contribution in [0.5, 0.6) is 11.5 Å². The van der Waals surface area contributed by atoms with Gasteiger partial charge in [0.25, 0.3) is 0 Å². The molecule has 0 fully saturated rings. The summed E-state index contributed by atoms with van der Waals surface area (Å²) >= 11 is 0. The van der Waals surface area contributed by atoms with Crippen LogP contribution < -0.4 is 4.90 Å². The lowest BCUT2D eigenvalue weighted by atomic mass is 10.1. The highest BCUT2D eigenvalue weighted by molar-refractivity contribution is 5.56. The number of aromatic nitrogens is 1. The molecule has 3 rings (SSSR count). The monoisotopic (exact) mass is 242 g/mol. The lowest BCUT2D eigenvalue weighted by Gasteiger charge is -2.17. The molecule has 4 heteroatoms. The van der Waals surface area contributed by atoms with E-state index in [4.69, 9.17) is 0 Å². The molecule has 18 heavy (non-hydrogen) atoms. The SMILES string of the molecule is Cc1ncc2c(c1O)CN(c1cccc(O)c1)C2. The van der Waals surface area contributed by atoms with Crippen LogP contribution in [0.4, 0.5) is 5.69 Å². The van der Waals surface area contributed by atoms with E-state index in [2.05, 4.69) is 9.88 Å². The normalized spacial score (nSPS) is 13.7. The third-order valence-corrected chi connectivity index (χ3v) is 3.34. The largest absolute Gasteiger partial charge is 0.508 e. The smallest absolute Gasteiger partial charge is 0.142 e. The van der Waals surface area contributed by atoms with Crippen molar-refractivity contribution in [3.05, 3.63) is 47.3 Å². The van der Waals surface area contributed by atoms with Crippen molar-refractivity contribution in [1.29, 1.82) is 0 Å². The fourth-order valence-electron chi connectivity index (χ4n) is 2.32. The molecule has 0 atom stereocenters. The van der Waals surface area contributed by atoms with Crippen molar-refractivity contribution in [3.8, 4) is 11.5 Å². The number of rotatable bonds is 1. The standard InChI is InChI=1S/C14H14N2O2/c1-9-14(18)13-8-16(7-10(13)6-15-9)11-3-2-4-12(17)5-11/h2-6,17-18H,7-8H2,1H3. The summed E-state index contributed by atoms with van der Waals surface area (Å²) < 4.78 is 0. The predicted molar refractivity (Wildman–Crippen MR) is 68.6 cm³/mol. The summed E-state index contributed by atoms with van der Waals surface area (Å²) in [6.45, 7) is 3.15. The summed E-state index contributed by atoms with van der Waals surface area (Å²) in [7, 11) is 0. The molecule has 92 valence electrons. The summed E-state index contributed by atoms with van der Waals surface area (Å²) in [5, 5.41) is 19.5. The highest BCUT2D eigenvalue weighted by atomic mass is 16.3. The average molecular weight is 242 g/mol. The number of aryl methyl sites for hydroxylation is 1. The Bertz CT molecular complexity index is 611. The van der Waals surface area contributed by atoms with E-state index in [0.717, 1.165) is 16.8 Å². The number of nitrogens with zero attached hydrogens (tertiary/aromatic N) is 2. The van der Waals surface area contributed by atoms with E-state index in [0.29, 0.717) is 18.8 Å². The van der Waals surface area contributed by atoms with E-state index in [1.54, 1.807) is 19.1 Å². The highest BCUT2D eigenvalue weighted by Crippen LogP contribution is 2.34. The molecule has 0 saturated carbocycles. The summed E-state index contributed by atoms with van der Waals surface area (Å²) in [5.74, 6) is 0.539. The van der Waals surface area contributed by atoms with E-state index in [1.807, 2.05) is 18.3 Å². The van der Waals surface area contributed by atoms with Crippen LogP contribution in [0.25, 0.3) is 0 Å². The maximum Gasteiger partial charge on any atom is 0.142 e. The van der Waals surface area contributed by atoms with Gasteiger partial charge in [0.1, 0.15) is 11.5 Å². The van der Waals surface area contributed by atoms with Crippen molar-refractivity contribution in [2.24, 2.45) is 0 Å². The van der Waals surface area contributed by atoms with Crippen LogP contribution in [0.15, 0.2) is 30.5 Å². The van der Waals surface area contributed by atoms with Gasteiger partial charge in [-0.05, 0) is 24.6 Å². The van der Waals surface area contributed by atoms with Gasteiger partial charge in [-0.3, -0.25) is 4.98 Å². The highest BCUT2D eigenvalue weighted by Gasteiger charge is 2.23. The fourth-order valence-corrected chi connectivity index (χ4v) is 2.32. The van der Waals surface area contributed by atoms with Crippen LogP contribution in [-0.4, -0.2) is 15.2 Å². The van der Waals surface area contributed by atoms with Gasteiger partial charge in [-0.25, -0.2) is 0 Å². The van der Waals surface area contributed by atoms with Gasteiger partial charge in [0, 0.05) is 36.6 Å². The van der Waals surface area contributed by atoms with Crippen molar-refractivity contribution in [2.75, 3.05) is 4.90 Å². The first kappa shape index (κ1) is 10.9. The average Bonchev–Trinajstić information content (AvgIpc) is 2.79. The van der Waals surface area contributed by atoms with Crippen LogP contribution in [-0.2, 0) is 13.1 Å². The molecule has 0 spiro atoms. The van der Waals surface area contributed by atoms with Gasteiger partial charge in [0.2, 0.25) is 0 Å². The summed E-state index contributed by atoms with van der Waals surface area (Å²) in [4.78, 5) is 6.27. The summed E-state index contributed by atoms with van der Waals surface area (Å²) in [6.07, 6.45) is 1.81. The molecule has 0 unspecified atom stereocenters. The summed E-state index contributed by atoms with van der Waals surface area (Å²) in [5.41, 5.74) is 3.59. The van der Waals surface area contributed by atoms with E-state index in [1.165, 1.54) is 0 Å². The molecule has 0 radical (unpaired) electrons. The van der Waals surface area contributed by atoms with Crippen molar-refractivity contribution >= 4 is 5.69 Å². The molecule has 1 aromatic heterocycles. The first-order valence-electron chi connectivity index (χ1n) is 5.85. The quantitative estimate of drug-likeness (QED) is 0.805. The second-order valence-corrected chi connectivity index (χ2v) is 4.57. The maximum atomic E-state index is 10.00. The molecule has 0 bridgehead atoms. The molecule has 2 heterocycles. The van der Waals surface area contributed by atoms with E-state index in [9.17, 15) is 10.2 Å². The first-order valence-corrected chi connectivity index (χ1v) is 5.85. The van der Waals surface area contributed by atoms with Crippen molar-refractivity contribution < 1.29 is 10.2 Å². The number of phenols is 1. The van der Waals surface area contributed by atoms with Gasteiger partial charge >= 0.3 is 0 Å². The molecule has 4 nitrogen and oxygen atoms in total. The van der Waals surface area contributed by atoms with Gasteiger partial charge in [0.05, 0.1) is 5.69 Å². The van der Waals surface area contributed by atoms with E-state index in [-0.39, 0.29) is 11.5 Å². The zero-order valence-corrected chi connectivity index (χ0v) is 10.1. The third-order valence-electron chi connectivity index (χ3n) is 3.34. The number of aromatic hydroxyl groups is 2. The topological polar surface area (TPSA) is 56.6 Å². The minimum atomic E-state index is 0.252. The van der Waals surface area contributed by atoms with Gasteiger partial charge in [0.15, 0.2) is 0 Å². The lowest BCUT2D eigenvalue weighted by Crippen LogP contribution is -2.14. The lowest BCUT2D eigenvalue weighted by molar-refractivity contribution is 0.461. The van der Waals surface area contributed by atoms with E-state index < -0.39 is 0 Å². The predicted octanol–water partition coefficient (Wildman–Crippen LogP) is 2.32. The molecule has 2 aromatic rings. The molecule has 1 aliphatic rings. The molecule has 0 saturated heterocycles. The first-order chi connectivity index (χ1) is 8.65. The minimum absolute atomic E-state index is 0.252. The van der Waals surface area contributed by atoms with Crippen LogP contribution in [0.2, 0.25) is 0 Å². The van der Waals surface area contributed by atoms with Crippen LogP contribution >= 0.6 is 0 Å². The molecule has 1 aromatic carbocycles. The third kappa shape index (κ3) is 1.66. The Kier molecular flexibility index (Phi) is 2.37. The molecular weight excluding hydrogens is 228 g/mol. The molecule has 0 aliphatic carbocycles. The van der Waals surface area contributed by atoms with Crippen LogP contribution in [0.1, 0.15) is 16.8 Å². The molecular formula is C14H14N2O2. The number of anilines is 1. The van der Waals surface area contributed by atoms with Crippen LogP contribution in [0, 0.1) is 6.92 Å². The Morgan fingerprint density at radius 3 is 2.83 bits per heavy atom. The van der Waals surface area contributed by atoms with Gasteiger partial charge in [-0.15, -0.1) is 0 Å². The summed E-state index contributed by atoms with van der Waals surface area (Å²) in [6, 6.07) is 7.14. The Morgan fingerprint density at radius 1 is 1.22 bits per heavy atom. The van der Waals surface area contributed by atoms with Gasteiger partial charge < -0.3 is 15.1 Å². The fraction of sp³-hybridized carbons (Fsp3) is 0.214. The zero-order chi connectivity index (χ0) is 12.7. The number of benzene rings is 1. The Balaban J connectivity index is 1.96. The van der Waals surface area contributed by atoms with Gasteiger partial charge in [-0.2, -0.15) is 0 Å². The number of phenolic OH excluding ortho intramolecular Hbond substituents is 1. The maximum absolute atomic E-state index is 10.00. The number of pyridine rings is 1. The number of hydrogen-bond acceptors (Lipinski definition) is 4.